The number of aryl methyl sites for hydroxylation is 1. The fourth-order valence-corrected chi connectivity index (χ4v) is 2.05. The first-order valence-corrected chi connectivity index (χ1v) is 6.82. The highest BCUT2D eigenvalue weighted by molar-refractivity contribution is 5.25. The molecule has 0 spiro atoms. The average Bonchev–Trinajstić information content (AvgIpc) is 2.35. The van der Waals surface area contributed by atoms with Gasteiger partial charge in [0.15, 0.2) is 0 Å². The van der Waals surface area contributed by atoms with E-state index >= 15 is 0 Å². The summed E-state index contributed by atoms with van der Waals surface area (Å²) in [6.07, 6.45) is 7.51. The Morgan fingerprint density at radius 2 is 2.12 bits per heavy atom. The van der Waals surface area contributed by atoms with Crippen molar-refractivity contribution in [3.63, 3.8) is 0 Å². The van der Waals surface area contributed by atoms with Crippen LogP contribution in [0, 0.1) is 12.8 Å². The number of hydrogen-bond donors (Lipinski definition) is 1. The molecule has 0 aliphatic heterocycles. The minimum Gasteiger partial charge on any atom is -0.310 e. The Labute approximate surface area is 106 Å². The van der Waals surface area contributed by atoms with Gasteiger partial charge in [0, 0.05) is 18.4 Å². The van der Waals surface area contributed by atoms with E-state index in [1.807, 2.05) is 12.4 Å². The molecule has 1 aromatic rings. The van der Waals surface area contributed by atoms with E-state index in [-0.39, 0.29) is 0 Å². The molecule has 0 saturated heterocycles. The van der Waals surface area contributed by atoms with Gasteiger partial charge >= 0.3 is 0 Å². The van der Waals surface area contributed by atoms with Crippen LogP contribution in [-0.4, -0.2) is 11.5 Å². The molecular formula is C15H26N2. The quantitative estimate of drug-likeness (QED) is 0.774. The van der Waals surface area contributed by atoms with Crippen LogP contribution in [-0.2, 0) is 0 Å². The Hall–Kier alpha value is -0.890. The summed E-state index contributed by atoms with van der Waals surface area (Å²) in [4.78, 5) is 4.27. The molecule has 0 aliphatic rings. The van der Waals surface area contributed by atoms with Gasteiger partial charge in [-0.1, -0.05) is 27.2 Å². The number of nitrogens with zero attached hydrogens (tertiary/aromatic N) is 1. The summed E-state index contributed by atoms with van der Waals surface area (Å²) in [7, 11) is 0. The number of hydrogen-bond acceptors (Lipinski definition) is 2. The van der Waals surface area contributed by atoms with Crippen LogP contribution in [0.25, 0.3) is 0 Å². The number of pyridine rings is 1. The minimum absolute atomic E-state index is 0.457. The smallest absolute Gasteiger partial charge is 0.0340 e. The lowest BCUT2D eigenvalue weighted by Gasteiger charge is -2.23. The van der Waals surface area contributed by atoms with Crippen molar-refractivity contribution in [3.05, 3.63) is 29.6 Å². The molecule has 2 unspecified atom stereocenters. The molecule has 0 bridgehead atoms. The third kappa shape index (κ3) is 4.47. The maximum absolute atomic E-state index is 4.27. The molecule has 0 aromatic carbocycles. The van der Waals surface area contributed by atoms with Crippen LogP contribution in [0.5, 0.6) is 0 Å². The van der Waals surface area contributed by atoms with Crippen LogP contribution < -0.4 is 5.32 Å². The van der Waals surface area contributed by atoms with E-state index < -0.39 is 0 Å². The highest BCUT2D eigenvalue weighted by atomic mass is 14.9. The summed E-state index contributed by atoms with van der Waals surface area (Å²) in [6.45, 7) is 10.1. The second-order valence-electron chi connectivity index (χ2n) is 4.99. The zero-order valence-electron chi connectivity index (χ0n) is 11.7. The van der Waals surface area contributed by atoms with Crippen LogP contribution in [0.4, 0.5) is 0 Å². The lowest BCUT2D eigenvalue weighted by molar-refractivity contribution is 0.401. The standard InChI is InChI=1S/C15H26N2/c1-5-8-17-15(10-12(3)6-2)14-11-16-9-7-13(14)4/h7,9,11-12,15,17H,5-6,8,10H2,1-4H3. The van der Waals surface area contributed by atoms with Crippen LogP contribution in [0.3, 0.4) is 0 Å². The maximum atomic E-state index is 4.27. The highest BCUT2D eigenvalue weighted by Crippen LogP contribution is 2.24. The van der Waals surface area contributed by atoms with Gasteiger partial charge < -0.3 is 5.32 Å². The molecule has 0 fully saturated rings. The molecule has 1 N–H and O–H groups in total. The van der Waals surface area contributed by atoms with Gasteiger partial charge in [-0.2, -0.15) is 0 Å². The van der Waals surface area contributed by atoms with Crippen molar-refractivity contribution in [2.24, 2.45) is 5.92 Å². The van der Waals surface area contributed by atoms with Crippen molar-refractivity contribution >= 4 is 0 Å². The topological polar surface area (TPSA) is 24.9 Å². The van der Waals surface area contributed by atoms with Gasteiger partial charge in [0.25, 0.3) is 0 Å². The zero-order chi connectivity index (χ0) is 12.7. The van der Waals surface area contributed by atoms with Crippen LogP contribution in [0.1, 0.15) is 57.2 Å². The van der Waals surface area contributed by atoms with Crippen molar-refractivity contribution in [1.29, 1.82) is 0 Å². The SMILES string of the molecule is CCCNC(CC(C)CC)c1cnccc1C. The number of aromatic nitrogens is 1. The Morgan fingerprint density at radius 3 is 2.71 bits per heavy atom. The summed E-state index contributed by atoms with van der Waals surface area (Å²) >= 11 is 0. The monoisotopic (exact) mass is 234 g/mol. The molecule has 96 valence electrons. The third-order valence-corrected chi connectivity index (χ3v) is 3.43. The minimum atomic E-state index is 0.457. The van der Waals surface area contributed by atoms with Gasteiger partial charge in [-0.25, -0.2) is 0 Å². The molecule has 17 heavy (non-hydrogen) atoms. The molecule has 0 radical (unpaired) electrons. The van der Waals surface area contributed by atoms with E-state index in [1.165, 1.54) is 30.4 Å². The second-order valence-corrected chi connectivity index (χ2v) is 4.99. The van der Waals surface area contributed by atoms with Gasteiger partial charge in [0.1, 0.15) is 0 Å². The Kier molecular flexibility index (Phi) is 6.20. The fraction of sp³-hybridized carbons (Fsp3) is 0.667. The second kappa shape index (κ2) is 7.44. The lowest BCUT2D eigenvalue weighted by Crippen LogP contribution is -2.24. The van der Waals surface area contributed by atoms with Crippen molar-refractivity contribution in [2.45, 2.75) is 53.0 Å². The first kappa shape index (κ1) is 14.2. The van der Waals surface area contributed by atoms with E-state index in [9.17, 15) is 0 Å². The van der Waals surface area contributed by atoms with E-state index in [2.05, 4.69) is 44.1 Å². The zero-order valence-corrected chi connectivity index (χ0v) is 11.7. The molecule has 2 heteroatoms. The van der Waals surface area contributed by atoms with Gasteiger partial charge in [0.2, 0.25) is 0 Å². The fourth-order valence-electron chi connectivity index (χ4n) is 2.05. The first-order chi connectivity index (χ1) is 8.19. The van der Waals surface area contributed by atoms with E-state index in [4.69, 9.17) is 0 Å². The van der Waals surface area contributed by atoms with E-state index in [0.29, 0.717) is 6.04 Å². The molecule has 1 rings (SSSR count). The summed E-state index contributed by atoms with van der Waals surface area (Å²) in [5.41, 5.74) is 2.71. The van der Waals surface area contributed by atoms with Crippen molar-refractivity contribution < 1.29 is 0 Å². The number of nitrogens with one attached hydrogen (secondary N) is 1. The Balaban J connectivity index is 2.78. The van der Waals surface area contributed by atoms with Crippen molar-refractivity contribution in [1.82, 2.24) is 10.3 Å². The van der Waals surface area contributed by atoms with E-state index in [1.54, 1.807) is 0 Å². The summed E-state index contributed by atoms with van der Waals surface area (Å²) in [5.74, 6) is 0.754. The molecule has 1 aromatic heterocycles. The molecule has 1 heterocycles. The van der Waals surface area contributed by atoms with Crippen LogP contribution >= 0.6 is 0 Å². The van der Waals surface area contributed by atoms with E-state index in [0.717, 1.165) is 12.5 Å². The van der Waals surface area contributed by atoms with Crippen molar-refractivity contribution in [3.8, 4) is 0 Å². The largest absolute Gasteiger partial charge is 0.310 e. The summed E-state index contributed by atoms with van der Waals surface area (Å²) in [5, 5.41) is 3.65. The predicted molar refractivity (Wildman–Crippen MR) is 74.1 cm³/mol. The van der Waals surface area contributed by atoms with Crippen molar-refractivity contribution in [2.75, 3.05) is 6.54 Å². The Morgan fingerprint density at radius 1 is 1.35 bits per heavy atom. The highest BCUT2D eigenvalue weighted by Gasteiger charge is 2.15. The Bertz CT molecular complexity index is 322. The van der Waals surface area contributed by atoms with Gasteiger partial charge in [-0.15, -0.1) is 0 Å². The lowest BCUT2D eigenvalue weighted by atomic mass is 9.93. The predicted octanol–water partition coefficient (Wildman–Crippen LogP) is 3.87. The molecule has 2 nitrogen and oxygen atoms in total. The van der Waals surface area contributed by atoms with Gasteiger partial charge in [-0.3, -0.25) is 4.98 Å². The number of rotatable bonds is 7. The molecule has 0 aliphatic carbocycles. The molecule has 0 saturated carbocycles. The molecule has 2 atom stereocenters. The maximum Gasteiger partial charge on any atom is 0.0340 e. The van der Waals surface area contributed by atoms with Crippen LogP contribution in [0.15, 0.2) is 18.5 Å². The van der Waals surface area contributed by atoms with Gasteiger partial charge in [0.05, 0.1) is 0 Å². The normalized spacial score (nSPS) is 14.6. The van der Waals surface area contributed by atoms with Gasteiger partial charge in [-0.05, 0) is 49.4 Å². The average molecular weight is 234 g/mol. The summed E-state index contributed by atoms with van der Waals surface area (Å²) in [6, 6.07) is 2.56. The first-order valence-electron chi connectivity index (χ1n) is 6.82. The third-order valence-electron chi connectivity index (χ3n) is 3.43. The molecular weight excluding hydrogens is 208 g/mol. The summed E-state index contributed by atoms with van der Waals surface area (Å²) < 4.78 is 0. The van der Waals surface area contributed by atoms with Crippen LogP contribution in [0.2, 0.25) is 0 Å². The molecule has 0 amide bonds.